The van der Waals surface area contributed by atoms with Crippen LogP contribution in [0.25, 0.3) is 82.4 Å². The molecule has 1 aliphatic heterocycles. The Balaban J connectivity index is 1.17. The third kappa shape index (κ3) is 3.59. The van der Waals surface area contributed by atoms with E-state index in [1.807, 2.05) is 12.1 Å². The fourth-order valence-corrected chi connectivity index (χ4v) is 7.59. The van der Waals surface area contributed by atoms with Crippen LogP contribution in [0.3, 0.4) is 0 Å². The van der Waals surface area contributed by atoms with Crippen LogP contribution in [0.1, 0.15) is 0 Å². The van der Waals surface area contributed by atoms with Crippen molar-refractivity contribution in [1.29, 1.82) is 0 Å². The standard InChI is InChI=1S/C44H27NO/c1-2-11-31(12-3-1)45-38-18-9-15-34(43(38)44-33-13-5-4-10-28(33)24-26-39(44)45)30-22-20-29(21-23-30)32-25-27-41-42-36(32)16-8-17-37(42)35-14-6-7-19-40(35)46-41/h1-27H. The second-order valence-electron chi connectivity index (χ2n) is 12.1. The second kappa shape index (κ2) is 9.69. The predicted molar refractivity (Wildman–Crippen MR) is 192 cm³/mol. The van der Waals surface area contributed by atoms with Crippen LogP contribution in [0, 0.1) is 0 Å². The zero-order valence-corrected chi connectivity index (χ0v) is 24.9. The third-order valence-electron chi connectivity index (χ3n) is 9.60. The molecule has 0 spiro atoms. The summed E-state index contributed by atoms with van der Waals surface area (Å²) in [4.78, 5) is 0. The Bertz CT molecular complexity index is 2650. The predicted octanol–water partition coefficient (Wildman–Crippen LogP) is 12.2. The molecule has 0 bridgehead atoms. The van der Waals surface area contributed by atoms with Gasteiger partial charge < -0.3 is 9.30 Å². The lowest BCUT2D eigenvalue weighted by Crippen LogP contribution is -1.97. The van der Waals surface area contributed by atoms with Gasteiger partial charge in [-0.1, -0.05) is 127 Å². The molecule has 8 aromatic carbocycles. The molecule has 0 unspecified atom stereocenters. The van der Waals surface area contributed by atoms with E-state index in [9.17, 15) is 0 Å². The van der Waals surface area contributed by atoms with Crippen molar-refractivity contribution in [2.45, 2.75) is 0 Å². The number of hydrogen-bond acceptors (Lipinski definition) is 1. The molecule has 1 aliphatic rings. The molecule has 46 heavy (non-hydrogen) atoms. The SMILES string of the molecule is c1ccc(-n2c3cccc(-c4ccc(-c5ccc6c7c(cccc57)-c5ccccc5O6)cc4)c3c3c4ccccc4ccc32)cc1. The average Bonchev–Trinajstić information content (AvgIpc) is 3.48. The molecule has 0 saturated carbocycles. The van der Waals surface area contributed by atoms with Crippen LogP contribution in [0.4, 0.5) is 0 Å². The molecule has 2 nitrogen and oxygen atoms in total. The smallest absolute Gasteiger partial charge is 0.135 e. The molecule has 0 N–H and O–H groups in total. The summed E-state index contributed by atoms with van der Waals surface area (Å²) in [6.45, 7) is 0. The van der Waals surface area contributed by atoms with Crippen LogP contribution in [0.5, 0.6) is 11.5 Å². The number of rotatable bonds is 3. The van der Waals surface area contributed by atoms with Gasteiger partial charge in [-0.15, -0.1) is 0 Å². The number of ether oxygens (including phenoxy) is 1. The highest BCUT2D eigenvalue weighted by atomic mass is 16.5. The van der Waals surface area contributed by atoms with Crippen molar-refractivity contribution < 1.29 is 4.74 Å². The number of nitrogens with zero attached hydrogens (tertiary/aromatic N) is 1. The monoisotopic (exact) mass is 585 g/mol. The van der Waals surface area contributed by atoms with Crippen molar-refractivity contribution >= 4 is 43.4 Å². The average molecular weight is 586 g/mol. The molecule has 9 aromatic rings. The Hall–Kier alpha value is -6.12. The Morgan fingerprint density at radius 1 is 0.348 bits per heavy atom. The summed E-state index contributed by atoms with van der Waals surface area (Å²) in [5, 5.41) is 7.48. The molecule has 10 rings (SSSR count). The Morgan fingerprint density at radius 3 is 1.91 bits per heavy atom. The van der Waals surface area contributed by atoms with Gasteiger partial charge in [0.25, 0.3) is 0 Å². The van der Waals surface area contributed by atoms with E-state index in [-0.39, 0.29) is 0 Å². The van der Waals surface area contributed by atoms with E-state index < -0.39 is 0 Å². The minimum Gasteiger partial charge on any atom is -0.456 e. The maximum Gasteiger partial charge on any atom is 0.135 e. The fraction of sp³-hybridized carbons (Fsp3) is 0. The number of para-hydroxylation sites is 2. The van der Waals surface area contributed by atoms with E-state index in [0.29, 0.717) is 0 Å². The molecule has 0 radical (unpaired) electrons. The first kappa shape index (κ1) is 25.2. The lowest BCUT2D eigenvalue weighted by molar-refractivity contribution is 0.487. The van der Waals surface area contributed by atoms with Crippen molar-refractivity contribution in [3.63, 3.8) is 0 Å². The van der Waals surface area contributed by atoms with Gasteiger partial charge in [0.1, 0.15) is 11.5 Å². The van der Waals surface area contributed by atoms with Gasteiger partial charge in [0.2, 0.25) is 0 Å². The molecule has 0 amide bonds. The van der Waals surface area contributed by atoms with E-state index in [2.05, 4.69) is 156 Å². The maximum absolute atomic E-state index is 6.36. The first-order valence-corrected chi connectivity index (χ1v) is 15.8. The van der Waals surface area contributed by atoms with Crippen molar-refractivity contribution in [2.75, 3.05) is 0 Å². The van der Waals surface area contributed by atoms with E-state index in [1.165, 1.54) is 76.9 Å². The highest BCUT2D eigenvalue weighted by Gasteiger charge is 2.22. The van der Waals surface area contributed by atoms with Crippen LogP contribution >= 0.6 is 0 Å². The van der Waals surface area contributed by atoms with Crippen molar-refractivity contribution in [1.82, 2.24) is 4.57 Å². The molecule has 1 aromatic heterocycles. The van der Waals surface area contributed by atoms with Crippen LogP contribution in [-0.4, -0.2) is 4.57 Å². The van der Waals surface area contributed by atoms with E-state index in [1.54, 1.807) is 0 Å². The Morgan fingerprint density at radius 2 is 1.02 bits per heavy atom. The van der Waals surface area contributed by atoms with E-state index >= 15 is 0 Å². The molecule has 0 fully saturated rings. The van der Waals surface area contributed by atoms with Gasteiger partial charge in [0.15, 0.2) is 0 Å². The Kier molecular flexibility index (Phi) is 5.31. The number of benzene rings is 8. The molecular formula is C44H27NO. The van der Waals surface area contributed by atoms with Crippen LogP contribution in [0.2, 0.25) is 0 Å². The van der Waals surface area contributed by atoms with Gasteiger partial charge in [-0.3, -0.25) is 0 Å². The van der Waals surface area contributed by atoms with Crippen molar-refractivity contribution in [3.8, 4) is 50.6 Å². The summed E-state index contributed by atoms with van der Waals surface area (Å²) in [7, 11) is 0. The molecule has 0 atom stereocenters. The van der Waals surface area contributed by atoms with Crippen molar-refractivity contribution in [3.05, 3.63) is 164 Å². The zero-order valence-electron chi connectivity index (χ0n) is 24.9. The maximum atomic E-state index is 6.36. The highest BCUT2D eigenvalue weighted by Crippen LogP contribution is 2.49. The van der Waals surface area contributed by atoms with Crippen LogP contribution in [-0.2, 0) is 0 Å². The first-order chi connectivity index (χ1) is 22.8. The first-order valence-electron chi connectivity index (χ1n) is 15.8. The summed E-state index contributed by atoms with van der Waals surface area (Å²) < 4.78 is 8.76. The van der Waals surface area contributed by atoms with Crippen LogP contribution < -0.4 is 4.74 Å². The normalized spacial score (nSPS) is 12.1. The molecule has 214 valence electrons. The lowest BCUT2D eigenvalue weighted by Gasteiger charge is -2.22. The molecule has 2 heteroatoms. The summed E-state index contributed by atoms with van der Waals surface area (Å²) in [5.74, 6) is 1.83. The molecule has 0 aliphatic carbocycles. The molecule has 0 saturated heterocycles. The fourth-order valence-electron chi connectivity index (χ4n) is 7.59. The second-order valence-corrected chi connectivity index (χ2v) is 12.1. The third-order valence-corrected chi connectivity index (χ3v) is 9.60. The van der Waals surface area contributed by atoms with Crippen LogP contribution in [0.15, 0.2) is 164 Å². The van der Waals surface area contributed by atoms with Gasteiger partial charge >= 0.3 is 0 Å². The van der Waals surface area contributed by atoms with Gasteiger partial charge in [-0.05, 0) is 80.4 Å². The van der Waals surface area contributed by atoms with Crippen molar-refractivity contribution in [2.24, 2.45) is 0 Å². The topological polar surface area (TPSA) is 14.2 Å². The number of aromatic nitrogens is 1. The minimum atomic E-state index is 0.912. The largest absolute Gasteiger partial charge is 0.456 e. The van der Waals surface area contributed by atoms with Gasteiger partial charge in [0.05, 0.1) is 11.0 Å². The lowest BCUT2D eigenvalue weighted by atomic mass is 9.90. The van der Waals surface area contributed by atoms with Gasteiger partial charge in [-0.2, -0.15) is 0 Å². The summed E-state index contributed by atoms with van der Waals surface area (Å²) >= 11 is 0. The summed E-state index contributed by atoms with van der Waals surface area (Å²) in [6.07, 6.45) is 0. The van der Waals surface area contributed by atoms with E-state index in [4.69, 9.17) is 4.74 Å². The van der Waals surface area contributed by atoms with Gasteiger partial charge in [-0.25, -0.2) is 0 Å². The Labute approximate surface area is 266 Å². The van der Waals surface area contributed by atoms with E-state index in [0.717, 1.165) is 17.1 Å². The minimum absolute atomic E-state index is 0.912. The quantitative estimate of drug-likeness (QED) is 0.201. The van der Waals surface area contributed by atoms with Gasteiger partial charge in [0, 0.05) is 27.4 Å². The molecule has 2 heterocycles. The molecular weight excluding hydrogens is 558 g/mol. The number of fused-ring (bicyclic) bond motifs is 7. The zero-order chi connectivity index (χ0) is 30.2. The number of hydrogen-bond donors (Lipinski definition) is 0. The summed E-state index contributed by atoms with van der Waals surface area (Å²) in [5.41, 5.74) is 10.8. The summed E-state index contributed by atoms with van der Waals surface area (Å²) in [6, 6.07) is 59.0. The highest BCUT2D eigenvalue weighted by molar-refractivity contribution is 6.25.